The number of methoxy groups -OCH3 is 1. The molecule has 0 spiro atoms. The fourth-order valence-electron chi connectivity index (χ4n) is 3.72. The zero-order valence-corrected chi connectivity index (χ0v) is 16.1. The number of amides is 1. The van der Waals surface area contributed by atoms with Crippen LogP contribution < -0.4 is 10.1 Å². The van der Waals surface area contributed by atoms with Gasteiger partial charge < -0.3 is 20.1 Å². The molecule has 3 N–H and O–H groups in total. The Balaban J connectivity index is 1.43. The third-order valence-corrected chi connectivity index (χ3v) is 5.35. The lowest BCUT2D eigenvalue weighted by molar-refractivity contribution is -0.123. The van der Waals surface area contributed by atoms with Gasteiger partial charge in [0.1, 0.15) is 17.4 Å². The maximum Gasteiger partial charge on any atom is 0.220 e. The van der Waals surface area contributed by atoms with Crippen LogP contribution in [-0.2, 0) is 11.2 Å². The molecule has 1 saturated carbocycles. The van der Waals surface area contributed by atoms with Gasteiger partial charge in [0.25, 0.3) is 0 Å². The highest BCUT2D eigenvalue weighted by molar-refractivity contribution is 5.77. The lowest BCUT2D eigenvalue weighted by Crippen LogP contribution is -2.41. The predicted molar refractivity (Wildman–Crippen MR) is 105 cm³/mol. The molecular formula is C21H23FN4O3. The highest BCUT2D eigenvalue weighted by atomic mass is 19.1. The number of benzene rings is 1. The van der Waals surface area contributed by atoms with Gasteiger partial charge in [-0.3, -0.25) is 9.78 Å². The molecule has 2 heterocycles. The van der Waals surface area contributed by atoms with Crippen LogP contribution in [0.5, 0.6) is 5.75 Å². The van der Waals surface area contributed by atoms with E-state index in [2.05, 4.69) is 20.3 Å². The Morgan fingerprint density at radius 2 is 2.21 bits per heavy atom. The number of aromatic amines is 1. The summed E-state index contributed by atoms with van der Waals surface area (Å²) in [6, 6.07) is 5.98. The number of aryl methyl sites for hydroxylation is 1. The van der Waals surface area contributed by atoms with Crippen LogP contribution in [0.2, 0.25) is 0 Å². The van der Waals surface area contributed by atoms with Crippen LogP contribution in [0.15, 0.2) is 36.7 Å². The third-order valence-electron chi connectivity index (χ3n) is 5.35. The number of rotatable bonds is 7. The minimum Gasteiger partial charge on any atom is -0.495 e. The molecule has 29 heavy (non-hydrogen) atoms. The van der Waals surface area contributed by atoms with Crippen molar-refractivity contribution in [2.24, 2.45) is 5.92 Å². The first-order chi connectivity index (χ1) is 14.0. The standard InChI is InChI=1S/C21H23FN4O3/c1-29-16-8-13(10-23-11-16)21(12-6-15(27)7-12)26-20(28)5-4-19-24-17-3-2-14(22)9-18(17)25-19/h2-3,8-12,15,21,27H,4-7H2,1H3,(H,24,25)(H,26,28). The monoisotopic (exact) mass is 398 g/mol. The number of H-pyrrole nitrogens is 1. The Morgan fingerprint density at radius 1 is 1.38 bits per heavy atom. The highest BCUT2D eigenvalue weighted by Crippen LogP contribution is 2.38. The largest absolute Gasteiger partial charge is 0.495 e. The Bertz CT molecular complexity index is 1020. The molecule has 4 rings (SSSR count). The van der Waals surface area contributed by atoms with E-state index in [1.807, 2.05) is 6.07 Å². The van der Waals surface area contributed by atoms with E-state index in [4.69, 9.17) is 4.74 Å². The van der Waals surface area contributed by atoms with Crippen LogP contribution in [0.3, 0.4) is 0 Å². The van der Waals surface area contributed by atoms with Crippen molar-refractivity contribution in [1.29, 1.82) is 0 Å². The quantitative estimate of drug-likeness (QED) is 0.568. The molecule has 8 heteroatoms. The Morgan fingerprint density at radius 3 is 2.97 bits per heavy atom. The highest BCUT2D eigenvalue weighted by Gasteiger charge is 2.36. The number of fused-ring (bicyclic) bond motifs is 1. The van der Waals surface area contributed by atoms with Gasteiger partial charge in [-0.2, -0.15) is 0 Å². The lowest BCUT2D eigenvalue weighted by Gasteiger charge is -2.38. The number of hydrogen-bond donors (Lipinski definition) is 3. The Kier molecular flexibility index (Phi) is 5.44. The second-order valence-corrected chi connectivity index (χ2v) is 7.43. The molecule has 0 radical (unpaired) electrons. The van der Waals surface area contributed by atoms with Gasteiger partial charge in [-0.1, -0.05) is 0 Å². The summed E-state index contributed by atoms with van der Waals surface area (Å²) in [5.74, 6) is 0.960. The molecule has 1 aliphatic carbocycles. The summed E-state index contributed by atoms with van der Waals surface area (Å²) in [6.07, 6.45) is 4.93. The van der Waals surface area contributed by atoms with Gasteiger partial charge >= 0.3 is 0 Å². The molecular weight excluding hydrogens is 375 g/mol. The number of imidazole rings is 1. The van der Waals surface area contributed by atoms with E-state index in [1.165, 1.54) is 12.1 Å². The van der Waals surface area contributed by atoms with Crippen molar-refractivity contribution in [1.82, 2.24) is 20.3 Å². The van der Waals surface area contributed by atoms with Crippen LogP contribution in [0.1, 0.15) is 36.7 Å². The number of aliphatic hydroxyl groups excluding tert-OH is 1. The summed E-state index contributed by atoms with van der Waals surface area (Å²) in [7, 11) is 1.57. The van der Waals surface area contributed by atoms with Crippen molar-refractivity contribution in [2.75, 3.05) is 7.11 Å². The van der Waals surface area contributed by atoms with E-state index in [-0.39, 0.29) is 36.2 Å². The summed E-state index contributed by atoms with van der Waals surface area (Å²) in [6.45, 7) is 0. The SMILES string of the molecule is COc1cncc(C(NC(=O)CCc2nc3ccc(F)cc3[nH]2)C2CC(O)C2)c1. The van der Waals surface area contributed by atoms with Crippen molar-refractivity contribution in [2.45, 2.75) is 37.8 Å². The second kappa shape index (κ2) is 8.16. The lowest BCUT2D eigenvalue weighted by atomic mass is 9.75. The van der Waals surface area contributed by atoms with Crippen molar-refractivity contribution in [3.63, 3.8) is 0 Å². The molecule has 0 aliphatic heterocycles. The van der Waals surface area contributed by atoms with Crippen molar-refractivity contribution < 1.29 is 19.0 Å². The normalized spacial score (nSPS) is 19.6. The van der Waals surface area contributed by atoms with Crippen molar-refractivity contribution >= 4 is 16.9 Å². The summed E-state index contributed by atoms with van der Waals surface area (Å²) in [5.41, 5.74) is 2.14. The van der Waals surface area contributed by atoms with Gasteiger partial charge in [-0.25, -0.2) is 9.37 Å². The average Bonchev–Trinajstić information content (AvgIpc) is 3.10. The number of halogens is 1. The van der Waals surface area contributed by atoms with Crippen LogP contribution >= 0.6 is 0 Å². The summed E-state index contributed by atoms with van der Waals surface area (Å²) in [4.78, 5) is 24.3. The maximum atomic E-state index is 13.3. The topological polar surface area (TPSA) is 100 Å². The van der Waals surface area contributed by atoms with E-state index < -0.39 is 0 Å². The van der Waals surface area contributed by atoms with Gasteiger partial charge in [-0.05, 0) is 48.6 Å². The molecule has 1 aliphatic rings. The van der Waals surface area contributed by atoms with Gasteiger partial charge in [0.05, 0.1) is 36.5 Å². The molecule has 2 aromatic heterocycles. The van der Waals surface area contributed by atoms with Gasteiger partial charge in [0.15, 0.2) is 0 Å². The third kappa shape index (κ3) is 4.37. The van der Waals surface area contributed by atoms with E-state index in [0.29, 0.717) is 41.9 Å². The van der Waals surface area contributed by atoms with Gasteiger partial charge in [0.2, 0.25) is 5.91 Å². The number of carbonyl (C=O) groups excluding carboxylic acids is 1. The predicted octanol–water partition coefficient (Wildman–Crippen LogP) is 2.67. The molecule has 1 amide bonds. The Hall–Kier alpha value is -3.00. The smallest absolute Gasteiger partial charge is 0.220 e. The second-order valence-electron chi connectivity index (χ2n) is 7.43. The van der Waals surface area contributed by atoms with E-state index >= 15 is 0 Å². The number of nitrogens with zero attached hydrogens (tertiary/aromatic N) is 2. The zero-order valence-electron chi connectivity index (χ0n) is 16.1. The van der Waals surface area contributed by atoms with E-state index in [1.54, 1.807) is 25.6 Å². The molecule has 1 unspecified atom stereocenters. The first kappa shape index (κ1) is 19.3. The maximum absolute atomic E-state index is 13.3. The minimum atomic E-state index is -0.331. The number of ether oxygens (including phenoxy) is 1. The van der Waals surface area contributed by atoms with E-state index in [0.717, 1.165) is 5.56 Å². The van der Waals surface area contributed by atoms with Crippen LogP contribution in [0.25, 0.3) is 11.0 Å². The summed E-state index contributed by atoms with van der Waals surface area (Å²) >= 11 is 0. The number of nitrogens with one attached hydrogen (secondary N) is 2. The van der Waals surface area contributed by atoms with Crippen molar-refractivity contribution in [3.8, 4) is 5.75 Å². The molecule has 152 valence electrons. The molecule has 1 atom stereocenters. The van der Waals surface area contributed by atoms with E-state index in [9.17, 15) is 14.3 Å². The van der Waals surface area contributed by atoms with Gasteiger partial charge in [-0.15, -0.1) is 0 Å². The number of aromatic nitrogens is 3. The van der Waals surface area contributed by atoms with Crippen LogP contribution in [-0.4, -0.2) is 39.2 Å². The first-order valence-corrected chi connectivity index (χ1v) is 9.62. The molecule has 7 nitrogen and oxygen atoms in total. The van der Waals surface area contributed by atoms with Crippen LogP contribution in [0, 0.1) is 11.7 Å². The molecule has 3 aromatic rings. The minimum absolute atomic E-state index is 0.120. The molecule has 0 saturated heterocycles. The fourth-order valence-corrected chi connectivity index (χ4v) is 3.72. The number of aliphatic hydroxyl groups is 1. The molecule has 1 aromatic carbocycles. The first-order valence-electron chi connectivity index (χ1n) is 9.62. The zero-order chi connectivity index (χ0) is 20.4. The van der Waals surface area contributed by atoms with Gasteiger partial charge in [0, 0.05) is 19.0 Å². The summed E-state index contributed by atoms with van der Waals surface area (Å²) < 4.78 is 18.6. The average molecular weight is 398 g/mol. The number of pyridine rings is 1. The van der Waals surface area contributed by atoms with Crippen molar-refractivity contribution in [3.05, 3.63) is 53.9 Å². The molecule has 0 bridgehead atoms. The number of carbonyl (C=O) groups is 1. The Labute approximate surface area is 167 Å². The molecule has 1 fully saturated rings. The van der Waals surface area contributed by atoms with Crippen LogP contribution in [0.4, 0.5) is 4.39 Å². The number of hydrogen-bond acceptors (Lipinski definition) is 5. The fraction of sp³-hybridized carbons (Fsp3) is 0.381. The summed E-state index contributed by atoms with van der Waals surface area (Å²) in [5, 5.41) is 12.8.